The minimum Gasteiger partial charge on any atom is -0.323 e. The van der Waals surface area contributed by atoms with Crippen LogP contribution in [-0.2, 0) is 4.79 Å². The highest BCUT2D eigenvalue weighted by Crippen LogP contribution is 2.29. The number of hydrogen-bond acceptors (Lipinski definition) is 4. The first-order valence-corrected chi connectivity index (χ1v) is 8.20. The van der Waals surface area contributed by atoms with Gasteiger partial charge in [0.2, 0.25) is 5.91 Å². The Morgan fingerprint density at radius 2 is 1.88 bits per heavy atom. The van der Waals surface area contributed by atoms with Gasteiger partial charge in [0.25, 0.3) is 5.91 Å². The minimum atomic E-state index is -0.334. The van der Waals surface area contributed by atoms with Crippen LogP contribution in [0.4, 0.5) is 15.2 Å². The lowest BCUT2D eigenvalue weighted by molar-refractivity contribution is -0.111. The van der Waals surface area contributed by atoms with E-state index in [1.54, 1.807) is 37.3 Å². The van der Waals surface area contributed by atoms with Gasteiger partial charge in [-0.3, -0.25) is 14.9 Å². The number of benzene rings is 2. The molecule has 0 aliphatic heterocycles. The van der Waals surface area contributed by atoms with Crippen LogP contribution in [0.2, 0.25) is 0 Å². The summed E-state index contributed by atoms with van der Waals surface area (Å²) in [6.07, 6.45) is 1.17. The van der Waals surface area contributed by atoms with E-state index in [9.17, 15) is 14.0 Å². The maximum Gasteiger partial charge on any atom is 0.257 e. The molecule has 3 aromatic rings. The van der Waals surface area contributed by atoms with Gasteiger partial charge in [0, 0.05) is 16.8 Å². The molecule has 3 rings (SSSR count). The van der Waals surface area contributed by atoms with Gasteiger partial charge in [-0.15, -0.1) is 0 Å². The van der Waals surface area contributed by atoms with E-state index < -0.39 is 0 Å². The second-order valence-corrected chi connectivity index (χ2v) is 6.29. The third kappa shape index (κ3) is 3.56. The molecular formula is C18H14FN3O2S. The van der Waals surface area contributed by atoms with E-state index in [-0.39, 0.29) is 17.6 Å². The summed E-state index contributed by atoms with van der Waals surface area (Å²) in [6, 6.07) is 9.45. The molecular weight excluding hydrogens is 341 g/mol. The molecule has 0 atom stereocenters. The van der Waals surface area contributed by atoms with Gasteiger partial charge in [-0.25, -0.2) is 9.37 Å². The molecule has 0 aliphatic carbocycles. The predicted molar refractivity (Wildman–Crippen MR) is 97.5 cm³/mol. The Kier molecular flexibility index (Phi) is 4.58. The van der Waals surface area contributed by atoms with Crippen LogP contribution in [0.3, 0.4) is 0 Å². The van der Waals surface area contributed by atoms with Crippen molar-refractivity contribution >= 4 is 44.2 Å². The number of fused-ring (bicyclic) bond motifs is 1. The van der Waals surface area contributed by atoms with Gasteiger partial charge in [0.1, 0.15) is 5.82 Å². The maximum atomic E-state index is 13.6. The van der Waals surface area contributed by atoms with Gasteiger partial charge in [0.05, 0.1) is 10.2 Å². The summed E-state index contributed by atoms with van der Waals surface area (Å²) < 4.78 is 14.4. The highest BCUT2D eigenvalue weighted by molar-refractivity contribution is 7.22. The zero-order chi connectivity index (χ0) is 18.0. The van der Waals surface area contributed by atoms with Gasteiger partial charge in [-0.2, -0.15) is 0 Å². The van der Waals surface area contributed by atoms with Crippen molar-refractivity contribution in [3.8, 4) is 0 Å². The SMILES string of the molecule is C=CC(=O)Nc1ccc(C(=O)Nc2nc3c(C)c(F)ccc3s2)cc1. The predicted octanol–water partition coefficient (Wildman–Crippen LogP) is 4.12. The first-order chi connectivity index (χ1) is 12.0. The second-order valence-electron chi connectivity index (χ2n) is 5.26. The fraction of sp³-hybridized carbons (Fsp3) is 0.0556. The van der Waals surface area contributed by atoms with Crippen molar-refractivity contribution in [1.29, 1.82) is 0 Å². The minimum absolute atomic E-state index is 0.325. The van der Waals surface area contributed by atoms with E-state index in [2.05, 4.69) is 22.2 Å². The fourth-order valence-electron chi connectivity index (χ4n) is 2.22. The summed E-state index contributed by atoms with van der Waals surface area (Å²) in [5, 5.41) is 5.71. The molecule has 2 N–H and O–H groups in total. The van der Waals surface area contributed by atoms with Gasteiger partial charge in [-0.1, -0.05) is 17.9 Å². The third-order valence-corrected chi connectivity index (χ3v) is 4.50. The molecule has 0 spiro atoms. The van der Waals surface area contributed by atoms with Crippen molar-refractivity contribution in [2.45, 2.75) is 6.92 Å². The van der Waals surface area contributed by atoms with Crippen molar-refractivity contribution in [1.82, 2.24) is 4.98 Å². The molecule has 2 amide bonds. The Labute approximate surface area is 147 Å². The molecule has 0 unspecified atom stereocenters. The number of halogens is 1. The molecule has 5 nitrogen and oxygen atoms in total. The number of carbonyl (C=O) groups is 2. The van der Waals surface area contributed by atoms with Crippen molar-refractivity contribution in [3.63, 3.8) is 0 Å². The van der Waals surface area contributed by atoms with Gasteiger partial charge in [0.15, 0.2) is 5.13 Å². The highest BCUT2D eigenvalue weighted by Gasteiger charge is 2.13. The summed E-state index contributed by atoms with van der Waals surface area (Å²) in [6.45, 7) is 5.03. The lowest BCUT2D eigenvalue weighted by Gasteiger charge is -2.04. The topological polar surface area (TPSA) is 71.1 Å². The molecule has 0 saturated heterocycles. The Morgan fingerprint density at radius 3 is 2.56 bits per heavy atom. The van der Waals surface area contributed by atoms with E-state index in [1.165, 1.54) is 23.5 Å². The third-order valence-electron chi connectivity index (χ3n) is 3.57. The molecule has 25 heavy (non-hydrogen) atoms. The van der Waals surface area contributed by atoms with Crippen molar-refractivity contribution in [2.75, 3.05) is 10.6 Å². The number of anilines is 2. The zero-order valence-electron chi connectivity index (χ0n) is 13.3. The van der Waals surface area contributed by atoms with Crippen LogP contribution in [-0.4, -0.2) is 16.8 Å². The van der Waals surface area contributed by atoms with E-state index >= 15 is 0 Å². The van der Waals surface area contributed by atoms with Crippen LogP contribution in [0, 0.1) is 12.7 Å². The van der Waals surface area contributed by atoms with E-state index in [0.29, 0.717) is 27.5 Å². The summed E-state index contributed by atoms with van der Waals surface area (Å²) in [7, 11) is 0. The summed E-state index contributed by atoms with van der Waals surface area (Å²) in [5.74, 6) is -0.985. The average molecular weight is 355 g/mol. The van der Waals surface area contributed by atoms with Crippen molar-refractivity contribution in [3.05, 3.63) is 66.0 Å². The number of amides is 2. The van der Waals surface area contributed by atoms with Crippen LogP contribution >= 0.6 is 11.3 Å². The van der Waals surface area contributed by atoms with Gasteiger partial charge < -0.3 is 5.32 Å². The molecule has 1 aromatic heterocycles. The first kappa shape index (κ1) is 16.8. The largest absolute Gasteiger partial charge is 0.323 e. The molecule has 2 aromatic carbocycles. The zero-order valence-corrected chi connectivity index (χ0v) is 14.1. The molecule has 7 heteroatoms. The number of nitrogens with zero attached hydrogens (tertiary/aromatic N) is 1. The molecule has 0 bridgehead atoms. The number of nitrogens with one attached hydrogen (secondary N) is 2. The molecule has 0 fully saturated rings. The smallest absolute Gasteiger partial charge is 0.257 e. The molecule has 1 heterocycles. The number of aryl methyl sites for hydroxylation is 1. The first-order valence-electron chi connectivity index (χ1n) is 7.38. The fourth-order valence-corrected chi connectivity index (χ4v) is 3.14. The van der Waals surface area contributed by atoms with Crippen LogP contribution < -0.4 is 10.6 Å². The standard InChI is InChI=1S/C18H14FN3O2S/c1-3-15(23)20-12-6-4-11(5-7-12)17(24)22-18-21-16-10(2)13(19)8-9-14(16)25-18/h3-9H,1H2,2H3,(H,20,23)(H,21,22,24). The summed E-state index contributed by atoms with van der Waals surface area (Å²) >= 11 is 1.28. The van der Waals surface area contributed by atoms with Crippen LogP contribution in [0.15, 0.2) is 49.1 Å². The highest BCUT2D eigenvalue weighted by atomic mass is 32.1. The molecule has 0 aliphatic rings. The number of thiazole rings is 1. The Hall–Kier alpha value is -3.06. The van der Waals surface area contributed by atoms with E-state index in [1.807, 2.05) is 0 Å². The number of aromatic nitrogens is 1. The normalized spacial score (nSPS) is 10.5. The summed E-state index contributed by atoms with van der Waals surface area (Å²) in [4.78, 5) is 27.8. The average Bonchev–Trinajstić information content (AvgIpc) is 3.02. The lowest BCUT2D eigenvalue weighted by atomic mass is 10.2. The quantitative estimate of drug-likeness (QED) is 0.692. The lowest BCUT2D eigenvalue weighted by Crippen LogP contribution is -2.12. The molecule has 126 valence electrons. The number of carbonyl (C=O) groups excluding carboxylic acids is 2. The monoisotopic (exact) mass is 355 g/mol. The number of hydrogen-bond donors (Lipinski definition) is 2. The molecule has 0 radical (unpaired) electrons. The van der Waals surface area contributed by atoms with Crippen molar-refractivity contribution in [2.24, 2.45) is 0 Å². The van der Waals surface area contributed by atoms with Crippen molar-refractivity contribution < 1.29 is 14.0 Å². The number of rotatable bonds is 4. The maximum absolute atomic E-state index is 13.6. The Morgan fingerprint density at radius 1 is 1.16 bits per heavy atom. The molecule has 0 saturated carbocycles. The summed E-state index contributed by atoms with van der Waals surface area (Å²) in [5.41, 5.74) is 1.98. The Balaban J connectivity index is 1.77. The van der Waals surface area contributed by atoms with Gasteiger partial charge >= 0.3 is 0 Å². The van der Waals surface area contributed by atoms with Gasteiger partial charge in [-0.05, 0) is 49.4 Å². The van der Waals surface area contributed by atoms with Crippen LogP contribution in [0.1, 0.15) is 15.9 Å². The van der Waals surface area contributed by atoms with Crippen LogP contribution in [0.5, 0.6) is 0 Å². The second kappa shape index (κ2) is 6.82. The van der Waals surface area contributed by atoms with E-state index in [0.717, 1.165) is 4.70 Å². The van der Waals surface area contributed by atoms with E-state index in [4.69, 9.17) is 0 Å². The van der Waals surface area contributed by atoms with Crippen LogP contribution in [0.25, 0.3) is 10.2 Å². The Bertz CT molecular complexity index is 980.